The average Bonchev–Trinajstić information content (AvgIpc) is 2.55. The van der Waals surface area contributed by atoms with Gasteiger partial charge in [0, 0.05) is 16.1 Å². The van der Waals surface area contributed by atoms with Crippen molar-refractivity contribution >= 4 is 45.5 Å². The molecule has 7 nitrogen and oxygen atoms in total. The number of hydrogen-bond donors (Lipinski definition) is 3. The second-order valence-electron chi connectivity index (χ2n) is 5.18. The zero-order valence-corrected chi connectivity index (χ0v) is 14.1. The molecule has 0 aromatic heterocycles. The molecule has 2 aromatic rings. The number of nitrogens with one attached hydrogen (secondary N) is 1. The first kappa shape index (κ1) is 16.7. The lowest BCUT2D eigenvalue weighted by molar-refractivity contribution is -0.122. The summed E-state index contributed by atoms with van der Waals surface area (Å²) in [7, 11) is 0. The predicted molar refractivity (Wildman–Crippen MR) is 92.9 cm³/mol. The van der Waals surface area contributed by atoms with E-state index in [1.165, 1.54) is 12.1 Å². The number of carbonyl (C=O) groups excluding carboxylic acids is 3. The number of carbonyl (C=O) groups is 3. The maximum absolute atomic E-state index is 12.6. The molecule has 0 bridgehead atoms. The maximum atomic E-state index is 12.6. The number of anilines is 1. The van der Waals surface area contributed by atoms with Crippen LogP contribution >= 0.6 is 15.9 Å². The largest absolute Gasteiger partial charge is 0.508 e. The lowest BCUT2D eigenvalue weighted by atomic mass is 10.1. The van der Waals surface area contributed by atoms with Gasteiger partial charge >= 0.3 is 6.03 Å². The third-order valence-corrected chi connectivity index (χ3v) is 4.03. The van der Waals surface area contributed by atoms with Gasteiger partial charge in [-0.3, -0.25) is 14.9 Å². The van der Waals surface area contributed by atoms with E-state index in [1.807, 2.05) is 0 Å². The molecule has 0 spiro atoms. The van der Waals surface area contributed by atoms with Gasteiger partial charge in [-0.15, -0.1) is 0 Å². The van der Waals surface area contributed by atoms with Gasteiger partial charge in [0.15, 0.2) is 0 Å². The van der Waals surface area contributed by atoms with Crippen molar-refractivity contribution in [2.45, 2.75) is 0 Å². The monoisotopic (exact) mass is 402 g/mol. The van der Waals surface area contributed by atoms with Gasteiger partial charge in [-0.25, -0.2) is 9.69 Å². The Labute approximate surface area is 150 Å². The van der Waals surface area contributed by atoms with Crippen molar-refractivity contribution < 1.29 is 24.6 Å². The zero-order valence-electron chi connectivity index (χ0n) is 12.6. The van der Waals surface area contributed by atoms with Crippen LogP contribution in [0.15, 0.2) is 52.5 Å². The molecule has 0 unspecified atom stereocenters. The van der Waals surface area contributed by atoms with Gasteiger partial charge < -0.3 is 10.2 Å². The lowest BCUT2D eigenvalue weighted by Crippen LogP contribution is -2.54. The molecule has 126 valence electrons. The maximum Gasteiger partial charge on any atom is 0.335 e. The molecule has 4 amide bonds. The minimum atomic E-state index is -0.865. The van der Waals surface area contributed by atoms with Crippen LogP contribution in [-0.4, -0.2) is 28.1 Å². The number of halogens is 1. The molecular formula is C17H11BrN2O5. The number of barbiturate groups is 1. The first-order valence-electron chi connectivity index (χ1n) is 7.06. The van der Waals surface area contributed by atoms with Crippen molar-refractivity contribution in [1.29, 1.82) is 0 Å². The molecule has 0 saturated carbocycles. The summed E-state index contributed by atoms with van der Waals surface area (Å²) in [6.07, 6.45) is 1.16. The lowest BCUT2D eigenvalue weighted by Gasteiger charge is -2.26. The van der Waals surface area contributed by atoms with Gasteiger partial charge in [0.25, 0.3) is 11.8 Å². The second-order valence-corrected chi connectivity index (χ2v) is 6.09. The van der Waals surface area contributed by atoms with Gasteiger partial charge in [-0.05, 0) is 42.5 Å². The fourth-order valence-corrected chi connectivity index (χ4v) is 2.56. The third-order valence-electron chi connectivity index (χ3n) is 3.50. The normalized spacial score (nSPS) is 16.3. The topological polar surface area (TPSA) is 107 Å². The fraction of sp³-hybridized carbons (Fsp3) is 0. The van der Waals surface area contributed by atoms with Gasteiger partial charge in [-0.2, -0.15) is 0 Å². The summed E-state index contributed by atoms with van der Waals surface area (Å²) in [5, 5.41) is 21.2. The van der Waals surface area contributed by atoms with Gasteiger partial charge in [-0.1, -0.05) is 15.9 Å². The molecule has 2 aromatic carbocycles. The molecule has 1 aliphatic rings. The van der Waals surface area contributed by atoms with E-state index in [9.17, 15) is 24.6 Å². The molecule has 1 aliphatic heterocycles. The molecular weight excluding hydrogens is 392 g/mol. The Morgan fingerprint density at radius 2 is 1.68 bits per heavy atom. The number of nitrogens with zero attached hydrogens (tertiary/aromatic N) is 1. The first-order valence-corrected chi connectivity index (χ1v) is 7.85. The molecule has 3 N–H and O–H groups in total. The van der Waals surface area contributed by atoms with E-state index in [1.54, 1.807) is 24.3 Å². The van der Waals surface area contributed by atoms with E-state index in [2.05, 4.69) is 21.2 Å². The van der Waals surface area contributed by atoms with Crippen LogP contribution in [0.1, 0.15) is 5.56 Å². The Bertz CT molecular complexity index is 921. The third kappa shape index (κ3) is 3.24. The Balaban J connectivity index is 2.03. The molecule has 1 heterocycles. The predicted octanol–water partition coefficient (Wildman–Crippen LogP) is 2.53. The van der Waals surface area contributed by atoms with Crippen LogP contribution in [0, 0.1) is 0 Å². The van der Waals surface area contributed by atoms with Crippen molar-refractivity contribution in [3.05, 3.63) is 58.1 Å². The van der Waals surface area contributed by atoms with Crippen molar-refractivity contribution in [3.8, 4) is 11.5 Å². The van der Waals surface area contributed by atoms with Gasteiger partial charge in [0.2, 0.25) is 0 Å². The van der Waals surface area contributed by atoms with E-state index < -0.39 is 17.8 Å². The number of urea groups is 1. The van der Waals surface area contributed by atoms with E-state index in [0.29, 0.717) is 5.69 Å². The van der Waals surface area contributed by atoms with Crippen LogP contribution in [0.3, 0.4) is 0 Å². The minimum absolute atomic E-state index is 0.154. The summed E-state index contributed by atoms with van der Waals surface area (Å²) in [6.45, 7) is 0. The standard InChI is InChI=1S/C17H11BrN2O5/c18-10-2-4-11(5-3-10)20-16(24)13(15(23)19-17(20)25)7-9-1-6-12(21)8-14(9)22/h1-8,21-22H,(H,19,23,25)/b13-7-. The second kappa shape index (κ2) is 6.40. The molecule has 1 fully saturated rings. The van der Waals surface area contributed by atoms with Crippen molar-refractivity contribution in [1.82, 2.24) is 5.32 Å². The summed E-state index contributed by atoms with van der Waals surface area (Å²) in [5.41, 5.74) is 0.129. The number of phenols is 2. The highest BCUT2D eigenvalue weighted by Crippen LogP contribution is 2.27. The summed E-state index contributed by atoms with van der Waals surface area (Å²) in [6, 6.07) is 9.27. The van der Waals surface area contributed by atoms with Crippen molar-refractivity contribution in [2.24, 2.45) is 0 Å². The highest BCUT2D eigenvalue weighted by Gasteiger charge is 2.36. The quantitative estimate of drug-likeness (QED) is 0.528. The number of rotatable bonds is 2. The molecule has 0 radical (unpaired) electrons. The highest BCUT2D eigenvalue weighted by atomic mass is 79.9. The number of phenolic OH excluding ortho intramolecular Hbond substituents is 2. The molecule has 0 atom stereocenters. The van der Waals surface area contributed by atoms with Crippen LogP contribution < -0.4 is 10.2 Å². The fourth-order valence-electron chi connectivity index (χ4n) is 2.29. The number of hydrogen-bond acceptors (Lipinski definition) is 5. The van der Waals surface area contributed by atoms with E-state index in [-0.39, 0.29) is 22.6 Å². The van der Waals surface area contributed by atoms with Crippen LogP contribution in [0.4, 0.5) is 10.5 Å². The Kier molecular flexibility index (Phi) is 4.28. The summed E-state index contributed by atoms with van der Waals surface area (Å²) >= 11 is 3.26. The van der Waals surface area contributed by atoms with E-state index >= 15 is 0 Å². The molecule has 0 aliphatic carbocycles. The molecule has 3 rings (SSSR count). The Morgan fingerprint density at radius 3 is 2.32 bits per heavy atom. The Hall–Kier alpha value is -3.13. The average molecular weight is 403 g/mol. The van der Waals surface area contributed by atoms with Crippen LogP contribution in [0.5, 0.6) is 11.5 Å². The van der Waals surface area contributed by atoms with Crippen molar-refractivity contribution in [3.63, 3.8) is 0 Å². The molecule has 1 saturated heterocycles. The smallest absolute Gasteiger partial charge is 0.335 e. The number of amides is 4. The zero-order chi connectivity index (χ0) is 18.1. The summed E-state index contributed by atoms with van der Waals surface area (Å²) in [5.74, 6) is -2.15. The van der Waals surface area contributed by atoms with E-state index in [4.69, 9.17) is 0 Å². The van der Waals surface area contributed by atoms with Crippen LogP contribution in [0.25, 0.3) is 6.08 Å². The highest BCUT2D eigenvalue weighted by molar-refractivity contribution is 9.10. The number of benzene rings is 2. The molecule has 25 heavy (non-hydrogen) atoms. The minimum Gasteiger partial charge on any atom is -0.508 e. The number of imide groups is 2. The van der Waals surface area contributed by atoms with Gasteiger partial charge in [0.05, 0.1) is 5.69 Å². The van der Waals surface area contributed by atoms with Crippen LogP contribution in [0.2, 0.25) is 0 Å². The summed E-state index contributed by atoms with van der Waals surface area (Å²) in [4.78, 5) is 37.6. The van der Waals surface area contributed by atoms with Crippen molar-refractivity contribution in [2.75, 3.05) is 4.90 Å². The van der Waals surface area contributed by atoms with Gasteiger partial charge in [0.1, 0.15) is 17.1 Å². The molecule has 8 heteroatoms. The Morgan fingerprint density at radius 1 is 1.00 bits per heavy atom. The number of aromatic hydroxyl groups is 2. The summed E-state index contributed by atoms with van der Waals surface area (Å²) < 4.78 is 0.766. The SMILES string of the molecule is O=C1NC(=O)N(c2ccc(Br)cc2)C(=O)/C1=C\c1ccc(O)cc1O. The van der Waals surface area contributed by atoms with Crippen LogP contribution in [-0.2, 0) is 9.59 Å². The first-order chi connectivity index (χ1) is 11.9. The van der Waals surface area contributed by atoms with E-state index in [0.717, 1.165) is 21.5 Å².